The van der Waals surface area contributed by atoms with Gasteiger partial charge in [0.1, 0.15) is 0 Å². The Labute approximate surface area is 161 Å². The summed E-state index contributed by atoms with van der Waals surface area (Å²) in [4.78, 5) is 0. The van der Waals surface area contributed by atoms with Crippen molar-refractivity contribution in [3.8, 4) is 0 Å². The summed E-state index contributed by atoms with van der Waals surface area (Å²) in [5.74, 6) is 0. The zero-order valence-electron chi connectivity index (χ0n) is 19.5. The van der Waals surface area contributed by atoms with Crippen LogP contribution in [0.5, 0.6) is 0 Å². The van der Waals surface area contributed by atoms with Gasteiger partial charge in [-0.1, -0.05) is 144 Å². The maximum absolute atomic E-state index is 2.16. The first-order valence-corrected chi connectivity index (χ1v) is 10.5. The van der Waals surface area contributed by atoms with Crippen molar-refractivity contribution in [2.24, 2.45) is 0 Å². The summed E-state index contributed by atoms with van der Waals surface area (Å²) in [6.45, 7) is 24.0. The lowest BCUT2D eigenvalue weighted by Crippen LogP contribution is -1.85. The highest BCUT2D eigenvalue weighted by Gasteiger charge is 1.92. The van der Waals surface area contributed by atoms with Crippen LogP contribution in [0.3, 0.4) is 0 Å². The zero-order chi connectivity index (χ0) is 20.9. The van der Waals surface area contributed by atoms with Gasteiger partial charge < -0.3 is 0 Å². The van der Waals surface area contributed by atoms with Gasteiger partial charge in [0.2, 0.25) is 0 Å². The molecule has 0 saturated heterocycles. The Kier molecular flexibility index (Phi) is 60.1. The first-order valence-electron chi connectivity index (χ1n) is 10.5. The fourth-order valence-electron chi connectivity index (χ4n) is 1.43. The summed E-state index contributed by atoms with van der Waals surface area (Å²) in [5, 5.41) is 0. The van der Waals surface area contributed by atoms with Gasteiger partial charge in [-0.3, -0.25) is 0 Å². The van der Waals surface area contributed by atoms with Gasteiger partial charge in [-0.05, 0) is 17.5 Å². The van der Waals surface area contributed by atoms with Gasteiger partial charge in [-0.15, -0.1) is 0 Å². The van der Waals surface area contributed by atoms with Crippen LogP contribution in [-0.2, 0) is 6.42 Å². The van der Waals surface area contributed by atoms with Crippen LogP contribution in [0, 0.1) is 0 Å². The summed E-state index contributed by atoms with van der Waals surface area (Å²) in [5.41, 5.74) is 2.74. The minimum Gasteiger partial charge on any atom is -0.0683 e. The highest BCUT2D eigenvalue weighted by molar-refractivity contribution is 5.25. The molecule has 2 aromatic carbocycles. The largest absolute Gasteiger partial charge is 0.0683 e. The van der Waals surface area contributed by atoms with Crippen molar-refractivity contribution in [3.05, 3.63) is 71.8 Å². The lowest BCUT2D eigenvalue weighted by molar-refractivity contribution is 1.19. The van der Waals surface area contributed by atoms with Crippen LogP contribution >= 0.6 is 0 Å². The molecule has 0 spiro atoms. The van der Waals surface area contributed by atoms with Crippen LogP contribution in [0.25, 0.3) is 0 Å². The summed E-state index contributed by atoms with van der Waals surface area (Å²) < 4.78 is 0. The van der Waals surface area contributed by atoms with E-state index >= 15 is 0 Å². The summed E-state index contributed by atoms with van der Waals surface area (Å²) in [7, 11) is 0. The van der Waals surface area contributed by atoms with E-state index in [2.05, 4.69) is 60.7 Å². The van der Waals surface area contributed by atoms with E-state index in [-0.39, 0.29) is 0 Å². The Balaban J connectivity index is -0.0000000952. The Morgan fingerprint density at radius 3 is 0.760 bits per heavy atom. The fourth-order valence-corrected chi connectivity index (χ4v) is 1.43. The molecule has 0 aliphatic heterocycles. The number of rotatable bonds is 2. The van der Waals surface area contributed by atoms with Gasteiger partial charge >= 0.3 is 0 Å². The van der Waals surface area contributed by atoms with Crippen LogP contribution in [0.15, 0.2) is 60.7 Å². The van der Waals surface area contributed by atoms with Crippen molar-refractivity contribution >= 4 is 0 Å². The second-order valence-electron chi connectivity index (χ2n) is 3.15. The molecule has 25 heavy (non-hydrogen) atoms. The monoisotopic (exact) mass is 348 g/mol. The summed E-state index contributed by atoms with van der Waals surface area (Å²) in [6.07, 6.45) is 1.03. The van der Waals surface area contributed by atoms with Crippen molar-refractivity contribution in [1.29, 1.82) is 0 Å². The Morgan fingerprint density at radius 2 is 0.560 bits per heavy atom. The maximum Gasteiger partial charge on any atom is -0.00258 e. The molecule has 0 aromatic heterocycles. The molecule has 0 atom stereocenters. The topological polar surface area (TPSA) is 0 Å². The van der Waals surface area contributed by atoms with Crippen molar-refractivity contribution < 1.29 is 0 Å². The van der Waals surface area contributed by atoms with Gasteiger partial charge in [0.25, 0.3) is 0 Å². The second kappa shape index (κ2) is 43.3. The first-order chi connectivity index (χ1) is 12.4. The van der Waals surface area contributed by atoms with Gasteiger partial charge in [-0.25, -0.2) is 0 Å². The number of hydrogen-bond donors (Lipinski definition) is 0. The second-order valence-corrected chi connectivity index (χ2v) is 3.15. The van der Waals surface area contributed by atoms with Crippen molar-refractivity contribution in [3.63, 3.8) is 0 Å². The molecule has 0 aliphatic rings. The molecule has 0 bridgehead atoms. The van der Waals surface area contributed by atoms with Crippen LogP contribution in [0.4, 0.5) is 0 Å². The van der Waals surface area contributed by atoms with E-state index in [9.17, 15) is 0 Å². The first kappa shape index (κ1) is 34.7. The molecule has 0 heteroatoms. The SMILES string of the molecule is CC.CC.CC.CC.CC.CC.c1ccc(Cc2ccccc2)cc1. The smallest absolute Gasteiger partial charge is 0.00258 e. The average Bonchev–Trinajstić information content (AvgIpc) is 2.78. The minimum absolute atomic E-state index is 1.03. The molecule has 0 unspecified atom stereocenters. The molecule has 0 nitrogen and oxygen atoms in total. The van der Waals surface area contributed by atoms with Gasteiger partial charge in [0.05, 0.1) is 0 Å². The molecule has 0 aliphatic carbocycles. The molecule has 2 rings (SSSR count). The van der Waals surface area contributed by atoms with Crippen LogP contribution < -0.4 is 0 Å². The van der Waals surface area contributed by atoms with Crippen LogP contribution in [0.1, 0.15) is 94.2 Å². The summed E-state index contributed by atoms with van der Waals surface area (Å²) >= 11 is 0. The normalized spacial score (nSPS) is 6.56. The molecule has 2 aromatic rings. The van der Waals surface area contributed by atoms with E-state index < -0.39 is 0 Å². The molecule has 0 radical (unpaired) electrons. The van der Waals surface area contributed by atoms with Gasteiger partial charge in [-0.2, -0.15) is 0 Å². The average molecular weight is 349 g/mol. The molecule has 0 saturated carbocycles. The Hall–Kier alpha value is -1.56. The Bertz CT molecular complexity index is 311. The predicted molar refractivity (Wildman–Crippen MR) is 124 cm³/mol. The van der Waals surface area contributed by atoms with Crippen LogP contribution in [-0.4, -0.2) is 0 Å². The van der Waals surface area contributed by atoms with E-state index in [1.54, 1.807) is 0 Å². The Morgan fingerprint density at radius 1 is 0.360 bits per heavy atom. The third kappa shape index (κ3) is 27.6. The fraction of sp³-hybridized carbons (Fsp3) is 0.520. The molecule has 0 amide bonds. The minimum atomic E-state index is 1.03. The number of benzene rings is 2. The highest BCUT2D eigenvalue weighted by Crippen LogP contribution is 2.07. The van der Waals surface area contributed by atoms with E-state index in [0.717, 1.165) is 6.42 Å². The highest BCUT2D eigenvalue weighted by atomic mass is 14.0. The van der Waals surface area contributed by atoms with Crippen molar-refractivity contribution in [2.45, 2.75) is 89.5 Å². The van der Waals surface area contributed by atoms with E-state index in [0.29, 0.717) is 0 Å². The maximum atomic E-state index is 2.16. The molecule has 0 N–H and O–H groups in total. The number of hydrogen-bond acceptors (Lipinski definition) is 0. The van der Waals surface area contributed by atoms with E-state index in [1.807, 2.05) is 83.1 Å². The third-order valence-corrected chi connectivity index (χ3v) is 2.09. The van der Waals surface area contributed by atoms with Crippen molar-refractivity contribution in [2.75, 3.05) is 0 Å². The lowest BCUT2D eigenvalue weighted by Gasteiger charge is -2.00. The molecule has 148 valence electrons. The molecular weight excluding hydrogens is 300 g/mol. The quantitative estimate of drug-likeness (QED) is 0.507. The predicted octanol–water partition coefficient (Wildman–Crippen LogP) is 9.43. The molecule has 0 heterocycles. The van der Waals surface area contributed by atoms with Gasteiger partial charge in [0.15, 0.2) is 0 Å². The van der Waals surface area contributed by atoms with E-state index in [4.69, 9.17) is 0 Å². The third-order valence-electron chi connectivity index (χ3n) is 2.09. The summed E-state index contributed by atoms with van der Waals surface area (Å²) in [6, 6.07) is 21.1. The standard InChI is InChI=1S/C13H12.6C2H6/c1-3-7-12(8-4-1)11-13-9-5-2-6-10-13;6*1-2/h1-10H,11H2;6*1-2H3. The lowest BCUT2D eigenvalue weighted by atomic mass is 10.1. The molecular formula is C25H48. The molecule has 0 fully saturated rings. The zero-order valence-corrected chi connectivity index (χ0v) is 19.5. The van der Waals surface area contributed by atoms with Crippen LogP contribution in [0.2, 0.25) is 0 Å². The van der Waals surface area contributed by atoms with Gasteiger partial charge in [0, 0.05) is 0 Å². The van der Waals surface area contributed by atoms with E-state index in [1.165, 1.54) is 11.1 Å². The van der Waals surface area contributed by atoms with Crippen molar-refractivity contribution in [1.82, 2.24) is 0 Å².